The zero-order valence-electron chi connectivity index (χ0n) is 49.3. The molecule has 4 bridgehead atoms. The lowest BCUT2D eigenvalue weighted by Crippen LogP contribution is -2.63. The van der Waals surface area contributed by atoms with Gasteiger partial charge in [-0.15, -0.1) is 0 Å². The van der Waals surface area contributed by atoms with Gasteiger partial charge in [0, 0.05) is 73.2 Å². The number of esters is 1. The van der Waals surface area contributed by atoms with Crippen molar-refractivity contribution in [2.24, 2.45) is 23.5 Å². The molecule has 5 rings (SSSR count). The molecule has 3 aliphatic heterocycles. The second-order valence-corrected chi connectivity index (χ2v) is 25.3. The van der Waals surface area contributed by atoms with Gasteiger partial charge in [-0.1, -0.05) is 88.0 Å². The molecule has 2 fully saturated rings. The standard InChI is InChI=1S/C58H82Br3ClN8O14/c1-32(2)48(68-46(71)18-11-12-22-56(5,6)84-52(74)36(30-59)31-60)51(73)66-40(16-14-23-64-53(63)75)50(72)65-37-19-20-39(38(61)28-37)67-54(76)82-44-21-24-70(8)41-26-35(27-42(79-9)47(41)62)25-33(3)15-13-17-45(80-10)58(78)29-43(81-55(77)69-58)34(4)49-57(44,7)83-49/h13,15,17,19-20,26-28,32,34,36,40,43-45,48-49,78H,11-12,14,16,18,21-25,29-31H2,1-10H3,(H,65,72)(H,66,73)(H,67,76)(H,68,71)(H,69,77)(H3,63,64,75)/b17-13+,33-15+/t34-,40+,43+,44+,45-,48+,49+,57+,58+/m1/s1. The Morgan fingerprint density at radius 2 is 1.74 bits per heavy atom. The number of unbranched alkanes of at least 4 members (excludes halogenated alkanes) is 1. The Morgan fingerprint density at radius 3 is 2.38 bits per heavy atom. The van der Waals surface area contributed by atoms with Crippen molar-refractivity contribution >= 4 is 118 Å². The number of allylic oxidation sites excluding steroid dienone is 3. The lowest BCUT2D eigenvalue weighted by molar-refractivity contribution is -0.160. The molecule has 0 aromatic heterocycles. The van der Waals surface area contributed by atoms with Crippen LogP contribution in [-0.4, -0.2) is 145 Å². The van der Waals surface area contributed by atoms with Gasteiger partial charge in [-0.05, 0) is 124 Å². The van der Waals surface area contributed by atoms with E-state index < -0.39 is 89.4 Å². The summed E-state index contributed by atoms with van der Waals surface area (Å²) in [7, 11) is 4.84. The van der Waals surface area contributed by atoms with Gasteiger partial charge in [0.25, 0.3) is 0 Å². The SMILES string of the molecule is COc1cc2cc(c1Cl)N(C)CC[C@H](OC(=O)Nc1ccc(NC(=O)[C@H](CCCNC(N)=O)NC(=O)[C@@H](NC(=O)CCCCC(C)(C)OC(=O)C(CBr)CBr)C(C)C)cc1Br)[C@]1(C)O[C@H]1[C@H](C)[C@@H]1C[C@@](O)(NC(=O)O1)[C@H](OC)/C=C/C=C(\C)C2. The predicted octanol–water partition coefficient (Wildman–Crippen LogP) is 8.91. The first kappa shape index (κ1) is 69.6. The number of benzene rings is 2. The maximum Gasteiger partial charge on any atom is 0.412 e. The number of nitrogens with one attached hydrogen (secondary N) is 6. The molecule has 466 valence electrons. The highest BCUT2D eigenvalue weighted by Crippen LogP contribution is 2.49. The molecule has 3 heterocycles. The first-order valence-corrected chi connectivity index (χ1v) is 31.4. The zero-order chi connectivity index (χ0) is 62.3. The molecule has 0 spiro atoms. The van der Waals surface area contributed by atoms with Gasteiger partial charge >= 0.3 is 24.2 Å². The van der Waals surface area contributed by atoms with Crippen LogP contribution >= 0.6 is 59.4 Å². The van der Waals surface area contributed by atoms with E-state index in [2.05, 4.69) is 79.7 Å². The summed E-state index contributed by atoms with van der Waals surface area (Å²) in [5.41, 5.74) is 4.72. The van der Waals surface area contributed by atoms with Gasteiger partial charge in [0.1, 0.15) is 52.4 Å². The third-order valence-electron chi connectivity index (χ3n) is 15.1. The summed E-state index contributed by atoms with van der Waals surface area (Å²) in [4.78, 5) is 94.2. The van der Waals surface area contributed by atoms with E-state index in [1.165, 1.54) is 7.11 Å². The highest BCUT2D eigenvalue weighted by Gasteiger charge is 2.64. The minimum absolute atomic E-state index is 0.0479. The lowest BCUT2D eigenvalue weighted by atomic mass is 9.83. The number of anilines is 3. The molecular formula is C58H82Br3ClN8O14. The Labute approximate surface area is 522 Å². The molecule has 7 amide bonds. The van der Waals surface area contributed by atoms with Crippen LogP contribution in [0.3, 0.4) is 0 Å². The minimum atomic E-state index is -1.84. The van der Waals surface area contributed by atoms with Crippen molar-refractivity contribution in [3.05, 3.63) is 69.2 Å². The topological polar surface area (TPSA) is 300 Å². The van der Waals surface area contributed by atoms with Crippen molar-refractivity contribution < 1.29 is 67.1 Å². The molecule has 22 nitrogen and oxygen atoms in total. The van der Waals surface area contributed by atoms with E-state index >= 15 is 0 Å². The highest BCUT2D eigenvalue weighted by molar-refractivity contribution is 9.10. The van der Waals surface area contributed by atoms with E-state index in [1.54, 1.807) is 51.3 Å². The number of epoxide rings is 1. The molecule has 0 radical (unpaired) electrons. The maximum atomic E-state index is 14.1. The minimum Gasteiger partial charge on any atom is -0.495 e. The summed E-state index contributed by atoms with van der Waals surface area (Å²) in [5.74, 6) is -2.61. The number of hydrogen-bond acceptors (Lipinski definition) is 15. The number of alkyl halides is 2. The van der Waals surface area contributed by atoms with E-state index in [0.717, 1.165) is 11.1 Å². The van der Waals surface area contributed by atoms with Crippen LogP contribution in [0.25, 0.3) is 0 Å². The number of ether oxygens (including phenoxy) is 6. The van der Waals surface area contributed by atoms with E-state index in [1.807, 2.05) is 64.8 Å². The quantitative estimate of drug-likeness (QED) is 0.0169. The van der Waals surface area contributed by atoms with Crippen LogP contribution in [0.5, 0.6) is 5.75 Å². The second kappa shape index (κ2) is 31.5. The number of amides is 7. The van der Waals surface area contributed by atoms with E-state index in [9.17, 15) is 38.7 Å². The molecule has 84 heavy (non-hydrogen) atoms. The van der Waals surface area contributed by atoms with Crippen LogP contribution in [0, 0.1) is 17.8 Å². The number of nitrogens with zero attached hydrogens (tertiary/aromatic N) is 1. The monoisotopic (exact) mass is 1390 g/mol. The van der Waals surface area contributed by atoms with Crippen LogP contribution in [0.15, 0.2) is 58.6 Å². The Morgan fingerprint density at radius 1 is 1.02 bits per heavy atom. The number of carbonyl (C=O) groups excluding carboxylic acids is 7. The van der Waals surface area contributed by atoms with Crippen LogP contribution in [-0.2, 0) is 49.3 Å². The molecule has 2 saturated heterocycles. The summed E-state index contributed by atoms with van der Waals surface area (Å²) in [6.45, 7) is 13.2. The van der Waals surface area contributed by atoms with Gasteiger partial charge < -0.3 is 65.4 Å². The van der Waals surface area contributed by atoms with Crippen molar-refractivity contribution in [1.82, 2.24) is 21.3 Å². The fourth-order valence-corrected chi connectivity index (χ4v) is 12.6. The summed E-state index contributed by atoms with van der Waals surface area (Å²) in [6, 6.07) is 5.60. The number of halogens is 4. The molecule has 2 aromatic rings. The third kappa shape index (κ3) is 19.7. The number of aliphatic hydroxyl groups is 1. The number of rotatable bonds is 23. The van der Waals surface area contributed by atoms with Gasteiger partial charge in [-0.3, -0.25) is 29.8 Å². The summed E-state index contributed by atoms with van der Waals surface area (Å²) < 4.78 is 35.9. The van der Waals surface area contributed by atoms with Crippen molar-refractivity contribution in [1.29, 1.82) is 0 Å². The number of fused-ring (bicyclic) bond motifs is 5. The van der Waals surface area contributed by atoms with Gasteiger partial charge in [0.05, 0.1) is 30.5 Å². The van der Waals surface area contributed by atoms with Crippen LogP contribution in [0.1, 0.15) is 105 Å². The number of methoxy groups -OCH3 is 2. The number of urea groups is 1. The van der Waals surface area contributed by atoms with Crippen LogP contribution < -0.4 is 47.3 Å². The largest absolute Gasteiger partial charge is 0.495 e. The van der Waals surface area contributed by atoms with Crippen LogP contribution in [0.4, 0.5) is 31.4 Å². The first-order valence-electron chi connectivity index (χ1n) is 28.0. The number of alkyl carbamates (subject to hydrolysis) is 1. The van der Waals surface area contributed by atoms with E-state index in [-0.39, 0.29) is 68.0 Å². The van der Waals surface area contributed by atoms with Crippen molar-refractivity contribution in [2.75, 3.05) is 60.6 Å². The lowest BCUT2D eigenvalue weighted by Gasteiger charge is -2.42. The van der Waals surface area contributed by atoms with Gasteiger partial charge in [-0.2, -0.15) is 0 Å². The molecule has 9 N–H and O–H groups in total. The number of primary amides is 1. The molecule has 9 atom stereocenters. The Kier molecular flexibility index (Phi) is 26.1. The Hall–Kier alpha value is -5.18. The Bertz CT molecular complexity index is 2740. The Balaban J connectivity index is 1.30. The normalized spacial score (nSPS) is 24.3. The van der Waals surface area contributed by atoms with Crippen molar-refractivity contribution in [2.45, 2.75) is 160 Å². The number of nitrogens with two attached hydrogens (primary N) is 1. The van der Waals surface area contributed by atoms with Crippen molar-refractivity contribution in [3.8, 4) is 5.75 Å². The fraction of sp³-hybridized carbons (Fsp3) is 0.603. The van der Waals surface area contributed by atoms with Gasteiger partial charge in [0.2, 0.25) is 17.7 Å². The summed E-state index contributed by atoms with van der Waals surface area (Å²) in [6.07, 6.45) is 3.08. The molecule has 3 aliphatic rings. The van der Waals surface area contributed by atoms with E-state index in [4.69, 9.17) is 45.8 Å². The molecule has 0 saturated carbocycles. The molecule has 0 aliphatic carbocycles. The van der Waals surface area contributed by atoms with Crippen molar-refractivity contribution in [3.63, 3.8) is 0 Å². The first-order chi connectivity index (χ1) is 39.6. The zero-order valence-corrected chi connectivity index (χ0v) is 54.8. The average Bonchev–Trinajstić information content (AvgIpc) is 1.73. The highest BCUT2D eigenvalue weighted by atomic mass is 79.9. The molecule has 2 aromatic carbocycles. The van der Waals surface area contributed by atoms with Crippen LogP contribution in [0.2, 0.25) is 5.02 Å². The number of hydrogen-bond donors (Lipinski definition) is 8. The predicted molar refractivity (Wildman–Crippen MR) is 331 cm³/mol. The third-order valence-corrected chi connectivity index (χ3v) is 17.7. The maximum absolute atomic E-state index is 14.1. The smallest absolute Gasteiger partial charge is 0.412 e. The average molecular weight is 1390 g/mol. The van der Waals surface area contributed by atoms with Gasteiger partial charge in [-0.25, -0.2) is 14.4 Å². The fourth-order valence-electron chi connectivity index (χ4n) is 10.2. The van der Waals surface area contributed by atoms with E-state index in [0.29, 0.717) is 69.5 Å². The summed E-state index contributed by atoms with van der Waals surface area (Å²) >= 11 is 17.1. The molecular weight excluding hydrogens is 1310 g/mol. The molecule has 0 unspecified atom stereocenters. The van der Waals surface area contributed by atoms with Gasteiger partial charge in [0.15, 0.2) is 5.72 Å². The number of carbonyl (C=O) groups is 7. The second-order valence-electron chi connectivity index (χ2n) is 22.7. The summed E-state index contributed by atoms with van der Waals surface area (Å²) in [5, 5.41) is 29.5. The molecule has 26 heteroatoms.